The standard InChI is InChI=1S/C11H15ClN2S/c12-10-7-15-11(13-10)14-5-8-3-1-2-4-9(8)6-14/h7-9H,1-6H2/t8-,9+. The molecule has 82 valence electrons. The molecule has 1 saturated carbocycles. The monoisotopic (exact) mass is 242 g/mol. The quantitative estimate of drug-likeness (QED) is 0.750. The van der Waals surface area contributed by atoms with E-state index in [-0.39, 0.29) is 0 Å². The van der Waals surface area contributed by atoms with E-state index < -0.39 is 0 Å². The molecule has 1 aromatic rings. The van der Waals surface area contributed by atoms with Gasteiger partial charge in [0.2, 0.25) is 0 Å². The fourth-order valence-electron chi connectivity index (χ4n) is 2.95. The van der Waals surface area contributed by atoms with E-state index in [0.29, 0.717) is 5.15 Å². The molecule has 2 aliphatic rings. The fourth-order valence-corrected chi connectivity index (χ4v) is 3.92. The van der Waals surface area contributed by atoms with Gasteiger partial charge in [-0.1, -0.05) is 24.4 Å². The minimum absolute atomic E-state index is 0.643. The van der Waals surface area contributed by atoms with Crippen molar-refractivity contribution in [2.75, 3.05) is 18.0 Å². The van der Waals surface area contributed by atoms with Gasteiger partial charge in [0, 0.05) is 18.5 Å². The molecular weight excluding hydrogens is 228 g/mol. The molecule has 0 radical (unpaired) electrons. The Kier molecular flexibility index (Phi) is 2.61. The van der Waals surface area contributed by atoms with E-state index in [9.17, 15) is 0 Å². The molecule has 3 rings (SSSR count). The molecule has 2 heterocycles. The van der Waals surface area contributed by atoms with E-state index in [4.69, 9.17) is 11.6 Å². The molecule has 1 aromatic heterocycles. The predicted octanol–water partition coefficient (Wildman–Crippen LogP) is 3.42. The number of hydrogen-bond acceptors (Lipinski definition) is 3. The molecule has 15 heavy (non-hydrogen) atoms. The molecule has 0 amide bonds. The first-order valence-electron chi connectivity index (χ1n) is 5.69. The summed E-state index contributed by atoms with van der Waals surface area (Å²) in [5, 5.41) is 3.69. The van der Waals surface area contributed by atoms with Crippen LogP contribution >= 0.6 is 22.9 Å². The summed E-state index contributed by atoms with van der Waals surface area (Å²) >= 11 is 7.54. The SMILES string of the molecule is Clc1csc(N2C[C@H]3CCCC[C@H]3C2)n1. The molecule has 2 atom stereocenters. The van der Waals surface area contributed by atoms with Gasteiger partial charge in [-0.2, -0.15) is 0 Å². The zero-order chi connectivity index (χ0) is 10.3. The maximum Gasteiger partial charge on any atom is 0.186 e. The fraction of sp³-hybridized carbons (Fsp3) is 0.727. The summed E-state index contributed by atoms with van der Waals surface area (Å²) in [5.41, 5.74) is 0. The Hall–Kier alpha value is -0.280. The van der Waals surface area contributed by atoms with Crippen LogP contribution in [0.4, 0.5) is 5.13 Å². The van der Waals surface area contributed by atoms with Crippen molar-refractivity contribution in [3.8, 4) is 0 Å². The van der Waals surface area contributed by atoms with Crippen LogP contribution in [0.2, 0.25) is 5.15 Å². The Labute approximate surface area is 99.3 Å². The van der Waals surface area contributed by atoms with Crippen LogP contribution in [0.25, 0.3) is 0 Å². The molecule has 1 aliphatic heterocycles. The number of nitrogens with zero attached hydrogens (tertiary/aromatic N) is 2. The second kappa shape index (κ2) is 3.95. The summed E-state index contributed by atoms with van der Waals surface area (Å²) in [6.45, 7) is 2.41. The molecule has 1 saturated heterocycles. The maximum atomic E-state index is 5.86. The van der Waals surface area contributed by atoms with Crippen molar-refractivity contribution in [2.45, 2.75) is 25.7 Å². The van der Waals surface area contributed by atoms with Crippen LogP contribution in [0.1, 0.15) is 25.7 Å². The number of fused-ring (bicyclic) bond motifs is 1. The number of halogens is 1. The van der Waals surface area contributed by atoms with Crippen molar-refractivity contribution in [2.24, 2.45) is 11.8 Å². The van der Waals surface area contributed by atoms with Crippen LogP contribution in [-0.2, 0) is 0 Å². The molecule has 1 aliphatic carbocycles. The van der Waals surface area contributed by atoms with Gasteiger partial charge in [-0.3, -0.25) is 0 Å². The lowest BCUT2D eigenvalue weighted by Crippen LogP contribution is -2.19. The van der Waals surface area contributed by atoms with Gasteiger partial charge in [0.1, 0.15) is 5.15 Å². The molecule has 0 aromatic carbocycles. The number of aromatic nitrogens is 1. The largest absolute Gasteiger partial charge is 0.347 e. The van der Waals surface area contributed by atoms with Crippen LogP contribution < -0.4 is 4.90 Å². The molecule has 2 fully saturated rings. The van der Waals surface area contributed by atoms with E-state index >= 15 is 0 Å². The average Bonchev–Trinajstić information content (AvgIpc) is 2.82. The summed E-state index contributed by atoms with van der Waals surface area (Å²) in [6.07, 6.45) is 5.68. The topological polar surface area (TPSA) is 16.1 Å². The van der Waals surface area contributed by atoms with Gasteiger partial charge in [-0.25, -0.2) is 4.98 Å². The van der Waals surface area contributed by atoms with Gasteiger partial charge in [-0.05, 0) is 24.7 Å². The lowest BCUT2D eigenvalue weighted by Gasteiger charge is -2.22. The average molecular weight is 243 g/mol. The molecular formula is C11H15ClN2S. The third-order valence-electron chi connectivity index (χ3n) is 3.71. The van der Waals surface area contributed by atoms with Gasteiger partial charge in [0.25, 0.3) is 0 Å². The van der Waals surface area contributed by atoms with Crippen molar-refractivity contribution in [3.05, 3.63) is 10.5 Å². The van der Waals surface area contributed by atoms with E-state index in [2.05, 4.69) is 9.88 Å². The van der Waals surface area contributed by atoms with Crippen molar-refractivity contribution in [1.29, 1.82) is 0 Å². The predicted molar refractivity (Wildman–Crippen MR) is 64.8 cm³/mol. The third kappa shape index (κ3) is 1.87. The minimum Gasteiger partial charge on any atom is -0.347 e. The molecule has 0 bridgehead atoms. The summed E-state index contributed by atoms with van der Waals surface area (Å²) in [4.78, 5) is 6.79. The summed E-state index contributed by atoms with van der Waals surface area (Å²) in [7, 11) is 0. The Balaban J connectivity index is 1.74. The van der Waals surface area contributed by atoms with Crippen molar-refractivity contribution in [1.82, 2.24) is 4.98 Å². The second-order valence-corrected chi connectivity index (χ2v) is 5.89. The first-order valence-corrected chi connectivity index (χ1v) is 6.94. The molecule has 0 spiro atoms. The van der Waals surface area contributed by atoms with E-state index in [0.717, 1.165) is 17.0 Å². The van der Waals surface area contributed by atoms with Crippen LogP contribution in [0.3, 0.4) is 0 Å². The van der Waals surface area contributed by atoms with Gasteiger partial charge >= 0.3 is 0 Å². The van der Waals surface area contributed by atoms with Gasteiger partial charge in [0.15, 0.2) is 5.13 Å². The van der Waals surface area contributed by atoms with Crippen LogP contribution in [-0.4, -0.2) is 18.1 Å². The summed E-state index contributed by atoms with van der Waals surface area (Å²) < 4.78 is 0. The van der Waals surface area contributed by atoms with Crippen molar-refractivity contribution in [3.63, 3.8) is 0 Å². The zero-order valence-electron chi connectivity index (χ0n) is 8.66. The first kappa shape index (κ1) is 9.91. The van der Waals surface area contributed by atoms with Crippen LogP contribution in [0.5, 0.6) is 0 Å². The highest BCUT2D eigenvalue weighted by Gasteiger charge is 2.35. The lowest BCUT2D eigenvalue weighted by molar-refractivity contribution is 0.299. The molecule has 0 N–H and O–H groups in total. The summed E-state index contributed by atoms with van der Waals surface area (Å²) in [5.74, 6) is 1.84. The Bertz CT molecular complexity index is 338. The van der Waals surface area contributed by atoms with Crippen molar-refractivity contribution >= 4 is 28.1 Å². The van der Waals surface area contributed by atoms with Gasteiger partial charge < -0.3 is 4.90 Å². The van der Waals surface area contributed by atoms with Crippen LogP contribution in [0.15, 0.2) is 5.38 Å². The Morgan fingerprint density at radius 3 is 2.47 bits per heavy atom. The first-order chi connectivity index (χ1) is 7.33. The Morgan fingerprint density at radius 2 is 1.93 bits per heavy atom. The third-order valence-corrected chi connectivity index (χ3v) is 4.94. The van der Waals surface area contributed by atoms with Gasteiger partial charge in [0.05, 0.1) is 0 Å². The molecule has 0 unspecified atom stereocenters. The highest BCUT2D eigenvalue weighted by molar-refractivity contribution is 7.14. The highest BCUT2D eigenvalue weighted by Crippen LogP contribution is 2.38. The number of anilines is 1. The smallest absolute Gasteiger partial charge is 0.186 e. The number of hydrogen-bond donors (Lipinski definition) is 0. The molecule has 2 nitrogen and oxygen atoms in total. The molecule has 4 heteroatoms. The van der Waals surface area contributed by atoms with Crippen molar-refractivity contribution < 1.29 is 0 Å². The summed E-state index contributed by atoms with van der Waals surface area (Å²) in [6, 6.07) is 0. The minimum atomic E-state index is 0.643. The van der Waals surface area contributed by atoms with Gasteiger partial charge in [-0.15, -0.1) is 11.3 Å². The number of rotatable bonds is 1. The lowest BCUT2D eigenvalue weighted by atomic mass is 9.82. The maximum absolute atomic E-state index is 5.86. The van der Waals surface area contributed by atoms with Crippen LogP contribution in [0, 0.1) is 11.8 Å². The normalized spacial score (nSPS) is 30.6. The number of thiazole rings is 1. The zero-order valence-corrected chi connectivity index (χ0v) is 10.2. The van der Waals surface area contributed by atoms with E-state index in [1.54, 1.807) is 11.3 Å². The second-order valence-electron chi connectivity index (χ2n) is 4.66. The van der Waals surface area contributed by atoms with E-state index in [1.165, 1.54) is 38.8 Å². The van der Waals surface area contributed by atoms with E-state index in [1.807, 2.05) is 5.38 Å². The highest BCUT2D eigenvalue weighted by atomic mass is 35.5. The Morgan fingerprint density at radius 1 is 1.27 bits per heavy atom.